The van der Waals surface area contributed by atoms with Crippen LogP contribution in [0.2, 0.25) is 0 Å². The van der Waals surface area contributed by atoms with Crippen LogP contribution in [0, 0.1) is 0 Å². The zero-order chi connectivity index (χ0) is 26.4. The lowest BCUT2D eigenvalue weighted by atomic mass is 9.80. The Bertz CT molecular complexity index is 1220. The SMILES string of the molecule is Cl.Cn1nnnc1[C@H]1C[C@@]2(c3ccccc3)N[C@@H]1CC[C@@H]2OCCc1cc(C(F)(F)F)cc(C(F)(F)F)c1. The molecule has 1 aromatic heterocycles. The molecule has 1 N–H and O–H groups in total. The first-order valence-corrected chi connectivity index (χ1v) is 11.9. The van der Waals surface area contributed by atoms with Gasteiger partial charge in [0.2, 0.25) is 0 Å². The average Bonchev–Trinajstić information content (AvgIpc) is 3.41. The first-order valence-electron chi connectivity index (χ1n) is 11.9. The maximum absolute atomic E-state index is 13.2. The molecular formula is C25H26ClF6N5O. The zero-order valence-electron chi connectivity index (χ0n) is 20.3. The van der Waals surface area contributed by atoms with Crippen LogP contribution in [-0.2, 0) is 36.1 Å². The molecule has 4 atom stereocenters. The molecule has 2 saturated heterocycles. The number of nitrogens with one attached hydrogen (secondary N) is 1. The molecule has 3 heterocycles. The van der Waals surface area contributed by atoms with Gasteiger partial charge in [-0.05, 0) is 65.4 Å². The third-order valence-electron chi connectivity index (χ3n) is 7.39. The van der Waals surface area contributed by atoms with Crippen molar-refractivity contribution in [2.75, 3.05) is 6.61 Å². The van der Waals surface area contributed by atoms with Gasteiger partial charge < -0.3 is 10.1 Å². The largest absolute Gasteiger partial charge is 0.416 e. The van der Waals surface area contributed by atoms with Gasteiger partial charge in [0, 0.05) is 19.0 Å². The minimum absolute atomic E-state index is 0. The number of tetrazole rings is 1. The molecule has 0 spiro atoms. The van der Waals surface area contributed by atoms with Crippen molar-refractivity contribution in [3.05, 3.63) is 76.6 Å². The summed E-state index contributed by atoms with van der Waals surface area (Å²) in [5.41, 5.74) is -2.31. The zero-order valence-corrected chi connectivity index (χ0v) is 21.1. The fourth-order valence-electron chi connectivity index (χ4n) is 5.71. The number of fused-ring (bicyclic) bond motifs is 2. The molecule has 3 aromatic rings. The number of nitrogens with zero attached hydrogens (tertiary/aromatic N) is 4. The van der Waals surface area contributed by atoms with E-state index in [0.29, 0.717) is 12.8 Å². The van der Waals surface area contributed by atoms with Gasteiger partial charge in [0.1, 0.15) is 0 Å². The molecule has 13 heteroatoms. The average molecular weight is 562 g/mol. The quantitative estimate of drug-likeness (QED) is 0.407. The number of benzene rings is 2. The van der Waals surface area contributed by atoms with Crippen LogP contribution in [0.25, 0.3) is 0 Å². The Morgan fingerprint density at radius 2 is 1.66 bits per heavy atom. The van der Waals surface area contributed by atoms with Crippen molar-refractivity contribution in [1.29, 1.82) is 0 Å². The fourth-order valence-corrected chi connectivity index (χ4v) is 5.71. The lowest BCUT2D eigenvalue weighted by molar-refractivity contribution is -0.143. The van der Waals surface area contributed by atoms with Gasteiger partial charge in [0.05, 0.1) is 29.4 Å². The Morgan fingerprint density at radius 3 is 2.24 bits per heavy atom. The standard InChI is InChI=1S/C25H25F6N5O.ClH/c1-36-22(33-34-35-36)19-14-23(16-5-3-2-4-6-16)21(8-7-20(19)32-23)37-10-9-15-11-17(24(26,27)28)13-18(12-15)25(29,30)31;/h2-6,11-13,19-21,32H,7-10,14H2,1H3;1H/t19-,20+,21-,23-;/m0./s1. The van der Waals surface area contributed by atoms with Crippen molar-refractivity contribution >= 4 is 12.4 Å². The van der Waals surface area contributed by atoms with Crippen molar-refractivity contribution in [3.63, 3.8) is 0 Å². The number of piperidine rings is 1. The summed E-state index contributed by atoms with van der Waals surface area (Å²) < 4.78 is 87.4. The number of rotatable bonds is 6. The maximum Gasteiger partial charge on any atom is 0.416 e. The van der Waals surface area contributed by atoms with Crippen LogP contribution in [0.1, 0.15) is 53.3 Å². The van der Waals surface area contributed by atoms with Crippen molar-refractivity contribution < 1.29 is 31.1 Å². The fraction of sp³-hybridized carbons (Fsp3) is 0.480. The van der Waals surface area contributed by atoms with E-state index < -0.39 is 29.0 Å². The highest BCUT2D eigenvalue weighted by Crippen LogP contribution is 2.50. The third kappa shape index (κ3) is 5.39. The number of hydrogen-bond acceptors (Lipinski definition) is 5. The van der Waals surface area contributed by atoms with Gasteiger partial charge in [0.15, 0.2) is 5.82 Å². The molecule has 6 nitrogen and oxygen atoms in total. The smallest absolute Gasteiger partial charge is 0.376 e. The maximum atomic E-state index is 13.2. The van der Waals surface area contributed by atoms with Crippen LogP contribution in [0.4, 0.5) is 26.3 Å². The number of aromatic nitrogens is 4. The molecule has 5 rings (SSSR count). The minimum Gasteiger partial charge on any atom is -0.376 e. The molecule has 206 valence electrons. The lowest BCUT2D eigenvalue weighted by Gasteiger charge is -2.42. The summed E-state index contributed by atoms with van der Waals surface area (Å²) in [5, 5.41) is 15.6. The van der Waals surface area contributed by atoms with Crippen molar-refractivity contribution in [2.24, 2.45) is 7.05 Å². The highest BCUT2D eigenvalue weighted by molar-refractivity contribution is 5.85. The monoisotopic (exact) mass is 561 g/mol. The molecular weight excluding hydrogens is 536 g/mol. The molecule has 0 unspecified atom stereocenters. The predicted molar refractivity (Wildman–Crippen MR) is 128 cm³/mol. The number of ether oxygens (including phenoxy) is 1. The number of aryl methyl sites for hydroxylation is 1. The summed E-state index contributed by atoms with van der Waals surface area (Å²) in [4.78, 5) is 0. The molecule has 2 aromatic carbocycles. The predicted octanol–water partition coefficient (Wildman–Crippen LogP) is 5.43. The third-order valence-corrected chi connectivity index (χ3v) is 7.39. The van der Waals surface area contributed by atoms with E-state index in [9.17, 15) is 26.3 Å². The first kappa shape index (κ1) is 28.3. The van der Waals surface area contributed by atoms with Crippen LogP contribution >= 0.6 is 12.4 Å². The number of alkyl halides is 6. The van der Waals surface area contributed by atoms with Gasteiger partial charge in [-0.3, -0.25) is 0 Å². The Morgan fingerprint density at radius 1 is 1.00 bits per heavy atom. The summed E-state index contributed by atoms with van der Waals surface area (Å²) in [7, 11) is 1.78. The Labute approximate surface area is 221 Å². The van der Waals surface area contributed by atoms with Gasteiger partial charge in [-0.1, -0.05) is 30.3 Å². The second kappa shape index (κ2) is 10.5. The van der Waals surface area contributed by atoms with E-state index in [0.717, 1.165) is 29.9 Å². The lowest BCUT2D eigenvalue weighted by Crippen LogP contribution is -2.54. The van der Waals surface area contributed by atoms with Crippen molar-refractivity contribution in [3.8, 4) is 0 Å². The molecule has 2 bridgehead atoms. The van der Waals surface area contributed by atoms with Gasteiger partial charge in [-0.2, -0.15) is 26.3 Å². The Hall–Kier alpha value is -2.70. The highest BCUT2D eigenvalue weighted by Gasteiger charge is 2.55. The van der Waals surface area contributed by atoms with E-state index in [1.165, 1.54) is 0 Å². The second-order valence-corrected chi connectivity index (χ2v) is 9.66. The van der Waals surface area contributed by atoms with Gasteiger partial charge in [0.25, 0.3) is 0 Å². The molecule has 0 saturated carbocycles. The van der Waals surface area contributed by atoms with Crippen LogP contribution in [-0.4, -0.2) is 39.0 Å². The molecule has 2 fully saturated rings. The van der Waals surface area contributed by atoms with Crippen LogP contribution in [0.15, 0.2) is 48.5 Å². The van der Waals surface area contributed by atoms with Crippen LogP contribution < -0.4 is 5.32 Å². The molecule has 2 aliphatic heterocycles. The van der Waals surface area contributed by atoms with Gasteiger partial charge in [-0.25, -0.2) is 4.68 Å². The van der Waals surface area contributed by atoms with Gasteiger partial charge in [-0.15, -0.1) is 17.5 Å². The van der Waals surface area contributed by atoms with E-state index >= 15 is 0 Å². The minimum atomic E-state index is -4.88. The summed E-state index contributed by atoms with van der Waals surface area (Å²) in [6.45, 7) is -0.0274. The van der Waals surface area contributed by atoms with E-state index in [-0.39, 0.29) is 55.1 Å². The molecule has 0 radical (unpaired) electrons. The van der Waals surface area contributed by atoms with E-state index in [2.05, 4.69) is 20.8 Å². The van der Waals surface area contributed by atoms with Crippen LogP contribution in [0.3, 0.4) is 0 Å². The summed E-state index contributed by atoms with van der Waals surface area (Å²) in [6.07, 6.45) is -8.13. The summed E-state index contributed by atoms with van der Waals surface area (Å²) in [5.74, 6) is 0.770. The molecule has 0 aliphatic carbocycles. The van der Waals surface area contributed by atoms with E-state index in [1.807, 2.05) is 30.3 Å². The topological polar surface area (TPSA) is 64.9 Å². The number of hydrogen-bond donors (Lipinski definition) is 1. The normalized spacial score (nSPS) is 25.3. The summed E-state index contributed by atoms with van der Waals surface area (Å²) in [6, 6.07) is 11.5. The van der Waals surface area contributed by atoms with Crippen molar-refractivity contribution in [2.45, 2.75) is 61.6 Å². The van der Waals surface area contributed by atoms with Crippen LogP contribution in [0.5, 0.6) is 0 Å². The van der Waals surface area contributed by atoms with Crippen molar-refractivity contribution in [1.82, 2.24) is 25.5 Å². The van der Waals surface area contributed by atoms with Gasteiger partial charge >= 0.3 is 12.4 Å². The second-order valence-electron chi connectivity index (χ2n) is 9.66. The Kier molecular flexibility index (Phi) is 7.79. The number of halogens is 7. The molecule has 2 aliphatic rings. The Balaban J connectivity index is 0.00000336. The summed E-state index contributed by atoms with van der Waals surface area (Å²) >= 11 is 0. The molecule has 0 amide bonds. The molecule has 38 heavy (non-hydrogen) atoms. The van der Waals surface area contributed by atoms with E-state index in [4.69, 9.17) is 4.74 Å². The van der Waals surface area contributed by atoms with E-state index in [1.54, 1.807) is 11.7 Å². The first-order chi connectivity index (χ1) is 17.5. The highest BCUT2D eigenvalue weighted by atomic mass is 35.5.